The van der Waals surface area contributed by atoms with E-state index in [2.05, 4.69) is 21.3 Å². The molecular weight excluding hydrogens is 805 g/mol. The Labute approximate surface area is 359 Å². The predicted molar refractivity (Wildman–Crippen MR) is 227 cm³/mol. The van der Waals surface area contributed by atoms with E-state index in [9.17, 15) is 38.3 Å². The number of carbonyl (C=O) groups is 6. The second kappa shape index (κ2) is 22.3. The number of nitrogens with two attached hydrogens (primary N) is 1. The molecule has 4 atom stereocenters. The minimum absolute atomic E-state index is 0.0176. The Kier molecular flexibility index (Phi) is 17.3. The van der Waals surface area contributed by atoms with Crippen LogP contribution in [0.2, 0.25) is 0 Å². The van der Waals surface area contributed by atoms with Crippen LogP contribution in [0.15, 0.2) is 91.1 Å². The number of hydrogen-bond donors (Lipinski definition) is 6. The summed E-state index contributed by atoms with van der Waals surface area (Å²) in [7, 11) is 0. The van der Waals surface area contributed by atoms with Gasteiger partial charge < -0.3 is 46.3 Å². The molecule has 0 spiro atoms. The molecular formula is C45H55F2N7O8. The van der Waals surface area contributed by atoms with E-state index in [1.54, 1.807) is 36.5 Å². The number of nitrogens with zero attached hydrogens (tertiary/aromatic N) is 2. The third kappa shape index (κ3) is 14.0. The van der Waals surface area contributed by atoms with E-state index < -0.39 is 89.9 Å². The number of aromatic nitrogens is 1. The highest BCUT2D eigenvalue weighted by molar-refractivity contribution is 5.95. The van der Waals surface area contributed by atoms with Crippen molar-refractivity contribution in [3.8, 4) is 11.1 Å². The van der Waals surface area contributed by atoms with Crippen LogP contribution in [0, 0.1) is 17.0 Å². The normalized spacial score (nSPS) is 13.2. The van der Waals surface area contributed by atoms with Crippen LogP contribution in [0.4, 0.5) is 13.6 Å². The number of benzene rings is 3. The summed E-state index contributed by atoms with van der Waals surface area (Å²) in [5, 5.41) is 20.0. The zero-order chi connectivity index (χ0) is 45.6. The summed E-state index contributed by atoms with van der Waals surface area (Å²) >= 11 is 0. The second-order valence-electron chi connectivity index (χ2n) is 15.9. The highest BCUT2D eigenvalue weighted by Crippen LogP contribution is 2.41. The topological polar surface area (TPSA) is 214 Å². The van der Waals surface area contributed by atoms with Crippen LogP contribution in [0.25, 0.3) is 11.1 Å². The summed E-state index contributed by atoms with van der Waals surface area (Å²) in [6.45, 7) is 7.88. The molecule has 0 aliphatic carbocycles. The Morgan fingerprint density at radius 1 is 0.823 bits per heavy atom. The first-order valence-electron chi connectivity index (χ1n) is 20.1. The van der Waals surface area contributed by atoms with E-state index in [4.69, 9.17) is 10.5 Å². The maximum atomic E-state index is 15.1. The molecule has 0 aliphatic rings. The van der Waals surface area contributed by atoms with E-state index in [0.717, 1.165) is 29.3 Å². The van der Waals surface area contributed by atoms with Crippen LogP contribution in [-0.2, 0) is 41.9 Å². The van der Waals surface area contributed by atoms with Gasteiger partial charge in [-0.1, -0.05) is 81.4 Å². The molecule has 3 aromatic carbocycles. The average Bonchev–Trinajstić information content (AvgIpc) is 3.63. The monoisotopic (exact) mass is 859 g/mol. The van der Waals surface area contributed by atoms with Gasteiger partial charge >= 0.3 is 6.09 Å². The van der Waals surface area contributed by atoms with Gasteiger partial charge in [0.25, 0.3) is 0 Å². The fraction of sp³-hybridized carbons (Fsp3) is 0.378. The first-order chi connectivity index (χ1) is 29.4. The maximum absolute atomic E-state index is 15.1. The van der Waals surface area contributed by atoms with Crippen molar-refractivity contribution in [2.24, 2.45) is 11.1 Å². The zero-order valence-electron chi connectivity index (χ0n) is 35.5. The van der Waals surface area contributed by atoms with Crippen molar-refractivity contribution >= 4 is 35.6 Å². The van der Waals surface area contributed by atoms with Crippen LogP contribution in [0.1, 0.15) is 70.3 Å². The van der Waals surface area contributed by atoms with Crippen molar-refractivity contribution in [2.45, 2.75) is 84.8 Å². The summed E-state index contributed by atoms with van der Waals surface area (Å²) in [5.41, 5.74) is 7.37. The molecule has 1 heterocycles. The van der Waals surface area contributed by atoms with Crippen LogP contribution >= 0.6 is 0 Å². The lowest BCUT2D eigenvalue weighted by Gasteiger charge is -2.41. The van der Waals surface area contributed by atoms with E-state index in [0.29, 0.717) is 17.8 Å². The van der Waals surface area contributed by atoms with Gasteiger partial charge in [-0.25, -0.2) is 13.6 Å². The molecule has 0 saturated heterocycles. The number of aliphatic hydroxyl groups is 1. The number of aliphatic hydroxyl groups excluding tert-OH is 1. The Balaban J connectivity index is 1.43. The number of amides is 6. The van der Waals surface area contributed by atoms with Crippen molar-refractivity contribution < 1.29 is 47.4 Å². The van der Waals surface area contributed by atoms with Gasteiger partial charge in [0.15, 0.2) is 0 Å². The number of ether oxygens (including phenoxy) is 1. The number of primary amides is 1. The van der Waals surface area contributed by atoms with Crippen molar-refractivity contribution in [3.63, 3.8) is 0 Å². The highest BCUT2D eigenvalue weighted by Gasteiger charge is 2.37. The molecule has 17 heteroatoms. The first kappa shape index (κ1) is 48.1. The fourth-order valence-corrected chi connectivity index (χ4v) is 6.80. The Hall–Kier alpha value is -6.62. The van der Waals surface area contributed by atoms with Gasteiger partial charge in [0.1, 0.15) is 43.0 Å². The summed E-state index contributed by atoms with van der Waals surface area (Å²) in [4.78, 5) is 78.4. The minimum Gasteiger partial charge on any atom is -0.445 e. The summed E-state index contributed by atoms with van der Waals surface area (Å²) in [5.74, 6) is -5.07. The van der Waals surface area contributed by atoms with Gasteiger partial charge in [-0.15, -0.1) is 0 Å². The molecule has 1 aromatic heterocycles. The third-order valence-corrected chi connectivity index (χ3v) is 9.84. The van der Waals surface area contributed by atoms with Gasteiger partial charge in [-0.2, -0.15) is 0 Å². The number of hydrogen-bond acceptors (Lipinski definition) is 8. The molecule has 0 aliphatic heterocycles. The number of nitrogens with one attached hydrogen (secondary N) is 4. The molecule has 332 valence electrons. The molecule has 4 aromatic rings. The molecule has 15 nitrogen and oxygen atoms in total. The van der Waals surface area contributed by atoms with Gasteiger partial charge in [-0.3, -0.25) is 24.0 Å². The summed E-state index contributed by atoms with van der Waals surface area (Å²) < 4.78 is 36.5. The van der Waals surface area contributed by atoms with Crippen LogP contribution in [0.5, 0.6) is 0 Å². The molecule has 62 heavy (non-hydrogen) atoms. The number of carbonyl (C=O) groups excluding carboxylic acids is 6. The lowest BCUT2D eigenvalue weighted by Crippen LogP contribution is -2.56. The van der Waals surface area contributed by atoms with Crippen LogP contribution < -0.4 is 27.0 Å². The van der Waals surface area contributed by atoms with Crippen LogP contribution in [0.3, 0.4) is 0 Å². The van der Waals surface area contributed by atoms with Crippen LogP contribution in [-0.4, -0.2) is 88.0 Å². The molecule has 0 radical (unpaired) electrons. The molecule has 0 saturated carbocycles. The molecule has 4 rings (SSSR count). The fourth-order valence-electron chi connectivity index (χ4n) is 6.80. The Bertz CT molecular complexity index is 2180. The van der Waals surface area contributed by atoms with E-state index in [1.807, 2.05) is 61.7 Å². The molecule has 0 fully saturated rings. The van der Waals surface area contributed by atoms with Gasteiger partial charge in [0, 0.05) is 42.7 Å². The summed E-state index contributed by atoms with van der Waals surface area (Å²) in [6, 6.07) is 18.8. The van der Waals surface area contributed by atoms with E-state index in [-0.39, 0.29) is 31.7 Å². The summed E-state index contributed by atoms with van der Waals surface area (Å²) in [6.07, 6.45) is 0.421. The standard InChI is InChI=1S/C45H55F2N7O8/c1-28(50-41(58)29(2)51-44(61)62-27-31-15-10-7-11-16-31)42(59)52-36(23-38(48)56)43(60)49-19-12-20-54(39(57)26-55)40(45(3,4)5)37-21-32(34-22-33(46)17-18-35(34)47)25-53(37)24-30-13-8-6-9-14-30/h6-11,13-18,21-22,25,28-29,36,40,55H,12,19-20,23-24,26-27H2,1-5H3,(H2,48,56)(H,49,60)(H,50,58)(H,51,61)(H,52,59)/t28-,29-,36-,40-/m0/s1. The van der Waals surface area contributed by atoms with Gasteiger partial charge in [0.05, 0.1) is 12.5 Å². The highest BCUT2D eigenvalue weighted by atomic mass is 19.1. The number of alkyl carbamates (subject to hydrolysis) is 1. The zero-order valence-corrected chi connectivity index (χ0v) is 35.5. The second-order valence-corrected chi connectivity index (χ2v) is 15.9. The van der Waals surface area contributed by atoms with Crippen molar-refractivity contribution in [1.82, 2.24) is 30.7 Å². The van der Waals surface area contributed by atoms with E-state index in [1.165, 1.54) is 18.7 Å². The average molecular weight is 860 g/mol. The lowest BCUT2D eigenvalue weighted by molar-refractivity contribution is -0.139. The van der Waals surface area contributed by atoms with Gasteiger partial charge in [-0.05, 0) is 61.1 Å². The molecule has 6 amide bonds. The number of halogens is 2. The van der Waals surface area contributed by atoms with Crippen molar-refractivity contribution in [3.05, 3.63) is 120 Å². The van der Waals surface area contributed by atoms with Gasteiger partial charge in [0.2, 0.25) is 29.5 Å². The van der Waals surface area contributed by atoms with Crippen molar-refractivity contribution in [1.29, 1.82) is 0 Å². The minimum atomic E-state index is -1.43. The Morgan fingerprint density at radius 3 is 2.05 bits per heavy atom. The first-order valence-corrected chi connectivity index (χ1v) is 20.1. The third-order valence-electron chi connectivity index (χ3n) is 9.84. The molecule has 0 unspecified atom stereocenters. The lowest BCUT2D eigenvalue weighted by atomic mass is 9.83. The SMILES string of the molecule is C[C@H](NC(=O)OCc1ccccc1)C(=O)N[C@@H](C)C(=O)N[C@@H](CC(N)=O)C(=O)NCCCN(C(=O)CO)[C@@H](c1cc(-c2cc(F)ccc2F)cn1Cc1ccccc1)C(C)(C)C. The predicted octanol–water partition coefficient (Wildman–Crippen LogP) is 4.08. The quantitative estimate of drug-likeness (QED) is 0.0711. The van der Waals surface area contributed by atoms with E-state index >= 15 is 4.39 Å². The molecule has 0 bridgehead atoms. The number of rotatable bonds is 20. The maximum Gasteiger partial charge on any atom is 0.408 e. The molecule has 7 N–H and O–H groups in total. The largest absolute Gasteiger partial charge is 0.445 e. The van der Waals surface area contributed by atoms with Crippen molar-refractivity contribution in [2.75, 3.05) is 19.7 Å². The smallest absolute Gasteiger partial charge is 0.408 e. The Morgan fingerprint density at radius 2 is 1.44 bits per heavy atom.